The molecule has 3 rings (SSSR count). The first-order chi connectivity index (χ1) is 10.1. The second-order valence-corrected chi connectivity index (χ2v) is 5.31. The monoisotopic (exact) mass is 321 g/mol. The van der Waals surface area contributed by atoms with Gasteiger partial charge in [-0.05, 0) is 24.3 Å². The molecule has 3 aromatic rings. The van der Waals surface area contributed by atoms with Gasteiger partial charge in [0.2, 0.25) is 0 Å². The van der Waals surface area contributed by atoms with Crippen molar-refractivity contribution in [3.05, 3.63) is 58.3 Å². The van der Waals surface area contributed by atoms with Gasteiger partial charge >= 0.3 is 0 Å². The maximum Gasteiger partial charge on any atom is 0.153 e. The maximum absolute atomic E-state index is 14.1. The van der Waals surface area contributed by atoms with Crippen LogP contribution in [0.5, 0.6) is 0 Å². The largest absolute Gasteiger partial charge is 0.382 e. The minimum Gasteiger partial charge on any atom is -0.382 e. The minimum absolute atomic E-state index is 0.257. The topological polar surface area (TPSA) is 54.7 Å². The Labute approximate surface area is 130 Å². The Hall–Kier alpha value is -2.04. The Kier molecular flexibility index (Phi) is 3.57. The zero-order valence-electron chi connectivity index (χ0n) is 10.7. The van der Waals surface area contributed by atoms with Gasteiger partial charge in [0.05, 0.1) is 11.3 Å². The quantitative estimate of drug-likeness (QED) is 0.714. The highest BCUT2D eigenvalue weighted by Gasteiger charge is 2.19. The molecule has 0 radical (unpaired) electrons. The molecular formula is C15H10Cl2FN3. The highest BCUT2D eigenvalue weighted by atomic mass is 35.5. The van der Waals surface area contributed by atoms with E-state index in [4.69, 9.17) is 28.9 Å². The molecule has 0 bridgehead atoms. The highest BCUT2D eigenvalue weighted by molar-refractivity contribution is 6.33. The molecule has 2 aromatic carbocycles. The number of hydrogen-bond donors (Lipinski definition) is 2. The zero-order valence-corrected chi connectivity index (χ0v) is 12.2. The summed E-state index contributed by atoms with van der Waals surface area (Å²) in [4.78, 5) is 0. The van der Waals surface area contributed by atoms with Crippen LogP contribution in [0.2, 0.25) is 10.0 Å². The first-order valence-electron chi connectivity index (χ1n) is 6.12. The fraction of sp³-hybridized carbons (Fsp3) is 0. The molecule has 3 N–H and O–H groups in total. The summed E-state index contributed by atoms with van der Waals surface area (Å²) in [5.74, 6) is -0.202. The molecule has 0 saturated carbocycles. The average Bonchev–Trinajstić information content (AvgIpc) is 2.81. The van der Waals surface area contributed by atoms with E-state index in [9.17, 15) is 4.39 Å². The standard InChI is InChI=1S/C15H10Cl2FN3/c16-8-5-6-10(12(18)7-8)14-13(15(19)21-20-14)9-3-1-2-4-11(9)17/h1-7H,(H3,19,20,21). The van der Waals surface area contributed by atoms with Gasteiger partial charge in [0.1, 0.15) is 5.82 Å². The number of nitrogens with zero attached hydrogens (tertiary/aromatic N) is 1. The summed E-state index contributed by atoms with van der Waals surface area (Å²) in [6.07, 6.45) is 0. The van der Waals surface area contributed by atoms with Gasteiger partial charge in [0, 0.05) is 21.2 Å². The van der Waals surface area contributed by atoms with Crippen LogP contribution < -0.4 is 5.73 Å². The number of nitrogens with two attached hydrogens (primary N) is 1. The molecule has 0 spiro atoms. The number of anilines is 1. The van der Waals surface area contributed by atoms with E-state index in [-0.39, 0.29) is 5.82 Å². The molecule has 0 saturated heterocycles. The van der Waals surface area contributed by atoms with Crippen molar-refractivity contribution in [1.29, 1.82) is 0 Å². The lowest BCUT2D eigenvalue weighted by Gasteiger charge is -2.07. The Balaban J connectivity index is 2.25. The van der Waals surface area contributed by atoms with Crippen LogP contribution in [0.1, 0.15) is 0 Å². The van der Waals surface area contributed by atoms with E-state index < -0.39 is 5.82 Å². The SMILES string of the molecule is Nc1n[nH]c(-c2ccc(Cl)cc2F)c1-c1ccccc1Cl. The van der Waals surface area contributed by atoms with Gasteiger partial charge in [-0.1, -0.05) is 41.4 Å². The molecule has 21 heavy (non-hydrogen) atoms. The fourth-order valence-electron chi connectivity index (χ4n) is 2.18. The summed E-state index contributed by atoms with van der Waals surface area (Å²) in [6.45, 7) is 0. The van der Waals surface area contributed by atoms with E-state index >= 15 is 0 Å². The fourth-order valence-corrected chi connectivity index (χ4v) is 2.57. The van der Waals surface area contributed by atoms with E-state index in [1.807, 2.05) is 12.1 Å². The van der Waals surface area contributed by atoms with E-state index in [0.717, 1.165) is 0 Å². The van der Waals surface area contributed by atoms with Gasteiger partial charge < -0.3 is 5.73 Å². The summed E-state index contributed by atoms with van der Waals surface area (Å²) >= 11 is 12.0. The van der Waals surface area contributed by atoms with Crippen LogP contribution in [-0.4, -0.2) is 10.2 Å². The molecule has 0 aliphatic carbocycles. The molecule has 0 atom stereocenters. The molecule has 0 aliphatic rings. The number of aromatic amines is 1. The van der Waals surface area contributed by atoms with E-state index in [1.165, 1.54) is 6.07 Å². The molecule has 0 fully saturated rings. The average molecular weight is 322 g/mol. The number of nitrogen functional groups attached to an aromatic ring is 1. The summed E-state index contributed by atoms with van der Waals surface area (Å²) in [5.41, 5.74) is 7.97. The van der Waals surface area contributed by atoms with Gasteiger partial charge in [-0.15, -0.1) is 0 Å². The first kappa shape index (κ1) is 13.9. The summed E-state index contributed by atoms with van der Waals surface area (Å²) in [7, 11) is 0. The van der Waals surface area contributed by atoms with Gasteiger partial charge in [-0.2, -0.15) is 5.10 Å². The second kappa shape index (κ2) is 5.39. The van der Waals surface area contributed by atoms with E-state index in [0.29, 0.717) is 32.4 Å². The van der Waals surface area contributed by atoms with Crippen LogP contribution in [0.4, 0.5) is 10.2 Å². The smallest absolute Gasteiger partial charge is 0.153 e. The third-order valence-electron chi connectivity index (χ3n) is 3.14. The highest BCUT2D eigenvalue weighted by Crippen LogP contribution is 2.39. The van der Waals surface area contributed by atoms with Crippen molar-refractivity contribution >= 4 is 29.0 Å². The van der Waals surface area contributed by atoms with Crippen molar-refractivity contribution in [3.63, 3.8) is 0 Å². The third-order valence-corrected chi connectivity index (χ3v) is 3.70. The van der Waals surface area contributed by atoms with Gasteiger partial charge in [-0.3, -0.25) is 5.10 Å². The second-order valence-electron chi connectivity index (χ2n) is 4.46. The van der Waals surface area contributed by atoms with Gasteiger partial charge in [0.15, 0.2) is 5.82 Å². The number of nitrogens with one attached hydrogen (secondary N) is 1. The van der Waals surface area contributed by atoms with Crippen LogP contribution in [0, 0.1) is 5.82 Å². The van der Waals surface area contributed by atoms with Crippen molar-refractivity contribution in [1.82, 2.24) is 10.2 Å². The summed E-state index contributed by atoms with van der Waals surface area (Å²) < 4.78 is 14.1. The van der Waals surface area contributed by atoms with Crippen molar-refractivity contribution in [2.45, 2.75) is 0 Å². The van der Waals surface area contributed by atoms with Crippen LogP contribution in [0.3, 0.4) is 0 Å². The third kappa shape index (κ3) is 2.48. The number of hydrogen-bond acceptors (Lipinski definition) is 2. The first-order valence-corrected chi connectivity index (χ1v) is 6.87. The lowest BCUT2D eigenvalue weighted by atomic mass is 10.0. The van der Waals surface area contributed by atoms with Crippen LogP contribution >= 0.6 is 23.2 Å². The van der Waals surface area contributed by atoms with Crippen molar-refractivity contribution in [3.8, 4) is 22.4 Å². The summed E-state index contributed by atoms with van der Waals surface area (Å²) in [5, 5.41) is 7.57. The molecule has 3 nitrogen and oxygen atoms in total. The minimum atomic E-state index is -0.459. The van der Waals surface area contributed by atoms with Gasteiger partial charge in [0.25, 0.3) is 0 Å². The van der Waals surface area contributed by atoms with Crippen LogP contribution in [-0.2, 0) is 0 Å². The molecule has 6 heteroatoms. The number of halogens is 3. The molecule has 1 heterocycles. The molecule has 0 unspecified atom stereocenters. The lowest BCUT2D eigenvalue weighted by Crippen LogP contribution is -1.91. The van der Waals surface area contributed by atoms with Crippen molar-refractivity contribution in [2.75, 3.05) is 5.73 Å². The number of benzene rings is 2. The number of aromatic nitrogens is 2. The molecule has 1 aromatic heterocycles. The number of rotatable bonds is 2. The molecular weight excluding hydrogens is 312 g/mol. The van der Waals surface area contributed by atoms with E-state index in [1.54, 1.807) is 24.3 Å². The van der Waals surface area contributed by atoms with Crippen LogP contribution in [0.15, 0.2) is 42.5 Å². The molecule has 0 aliphatic heterocycles. The van der Waals surface area contributed by atoms with Gasteiger partial charge in [-0.25, -0.2) is 4.39 Å². The Morgan fingerprint density at radius 3 is 2.52 bits per heavy atom. The molecule has 106 valence electrons. The summed E-state index contributed by atoms with van der Waals surface area (Å²) in [6, 6.07) is 11.6. The Morgan fingerprint density at radius 2 is 1.81 bits per heavy atom. The Morgan fingerprint density at radius 1 is 1.05 bits per heavy atom. The normalized spacial score (nSPS) is 10.8. The van der Waals surface area contributed by atoms with Crippen molar-refractivity contribution < 1.29 is 4.39 Å². The maximum atomic E-state index is 14.1. The van der Waals surface area contributed by atoms with Crippen LogP contribution in [0.25, 0.3) is 22.4 Å². The number of H-pyrrole nitrogens is 1. The van der Waals surface area contributed by atoms with Crippen molar-refractivity contribution in [2.24, 2.45) is 0 Å². The predicted molar refractivity (Wildman–Crippen MR) is 83.9 cm³/mol. The van der Waals surface area contributed by atoms with E-state index in [2.05, 4.69) is 10.2 Å². The zero-order chi connectivity index (χ0) is 15.0. The Bertz CT molecular complexity index is 814. The predicted octanol–water partition coefficient (Wildman–Crippen LogP) is 4.77. The lowest BCUT2D eigenvalue weighted by molar-refractivity contribution is 0.631. The molecule has 0 amide bonds.